The van der Waals surface area contributed by atoms with Gasteiger partial charge in [0.05, 0.1) is 17.5 Å². The zero-order valence-electron chi connectivity index (χ0n) is 19.1. The molecule has 1 saturated heterocycles. The van der Waals surface area contributed by atoms with E-state index in [2.05, 4.69) is 47.5 Å². The average molecular weight is 462 g/mol. The normalized spacial score (nSPS) is 15.0. The Hall–Kier alpha value is -3.96. The smallest absolute Gasteiger partial charge is 0.326 e. The van der Waals surface area contributed by atoms with Gasteiger partial charge in [-0.1, -0.05) is 12.1 Å². The molecule has 0 unspecified atom stereocenters. The minimum absolute atomic E-state index is 0.164. The number of nitrogens with one attached hydrogen (secondary N) is 3. The van der Waals surface area contributed by atoms with Crippen LogP contribution in [0.2, 0.25) is 0 Å². The lowest BCUT2D eigenvalue weighted by atomic mass is 10.1. The molecule has 11 heteroatoms. The predicted octanol–water partition coefficient (Wildman–Crippen LogP) is 2.46. The van der Waals surface area contributed by atoms with Gasteiger partial charge in [0.25, 0.3) is 0 Å². The summed E-state index contributed by atoms with van der Waals surface area (Å²) in [4.78, 5) is 29.4. The van der Waals surface area contributed by atoms with E-state index in [0.717, 1.165) is 55.1 Å². The lowest BCUT2D eigenvalue weighted by Gasteiger charge is -2.32. The van der Waals surface area contributed by atoms with Crippen LogP contribution in [0.1, 0.15) is 5.56 Å². The number of piperazine rings is 1. The standard InChI is InChI=1S/C23H27N9O2/c1-30-6-8-32(9-7-30)13-16-12-24-22(21-20(16)25-14-26-21)28-23(34)27-19-11-18(31(2)29-19)15-4-3-5-17(33)10-15/h3-5,10-12,14,33H,6-9,13H2,1-2H3,(H,25,26)(H2,24,27,28,29,34). The number of aryl methyl sites for hydroxylation is 1. The van der Waals surface area contributed by atoms with E-state index in [1.807, 2.05) is 6.07 Å². The van der Waals surface area contributed by atoms with Crippen molar-refractivity contribution < 1.29 is 9.90 Å². The second-order valence-corrected chi connectivity index (χ2v) is 8.51. The first kappa shape index (κ1) is 21.9. The molecule has 0 spiro atoms. The zero-order valence-corrected chi connectivity index (χ0v) is 19.1. The number of anilines is 2. The Balaban J connectivity index is 1.29. The Bertz CT molecular complexity index is 1320. The summed E-state index contributed by atoms with van der Waals surface area (Å²) in [6, 6.07) is 8.15. The topological polar surface area (TPSA) is 127 Å². The van der Waals surface area contributed by atoms with Crippen LogP contribution in [0.5, 0.6) is 5.75 Å². The van der Waals surface area contributed by atoms with Crippen molar-refractivity contribution in [2.24, 2.45) is 7.05 Å². The fourth-order valence-corrected chi connectivity index (χ4v) is 4.16. The maximum Gasteiger partial charge on any atom is 0.326 e. The van der Waals surface area contributed by atoms with Crippen LogP contribution in [0.4, 0.5) is 16.4 Å². The maximum atomic E-state index is 12.7. The first-order valence-corrected chi connectivity index (χ1v) is 11.1. The molecule has 34 heavy (non-hydrogen) atoms. The van der Waals surface area contributed by atoms with Crippen molar-refractivity contribution in [1.82, 2.24) is 34.5 Å². The number of aromatic nitrogens is 5. The second kappa shape index (κ2) is 9.12. The highest BCUT2D eigenvalue weighted by molar-refractivity contribution is 6.03. The van der Waals surface area contributed by atoms with Crippen molar-refractivity contribution in [3.63, 3.8) is 0 Å². The molecule has 4 N–H and O–H groups in total. The molecule has 1 aromatic carbocycles. The molecule has 11 nitrogen and oxygen atoms in total. The Morgan fingerprint density at radius 2 is 1.94 bits per heavy atom. The zero-order chi connectivity index (χ0) is 23.7. The quantitative estimate of drug-likeness (QED) is 0.359. The number of H-pyrrole nitrogens is 1. The number of phenols is 1. The van der Waals surface area contributed by atoms with E-state index in [1.165, 1.54) is 0 Å². The summed E-state index contributed by atoms with van der Waals surface area (Å²) >= 11 is 0. The van der Waals surface area contributed by atoms with E-state index in [0.29, 0.717) is 17.2 Å². The number of rotatable bonds is 5. The third kappa shape index (κ3) is 4.56. The summed E-state index contributed by atoms with van der Waals surface area (Å²) in [6.45, 7) is 4.84. The number of likely N-dealkylation sites (N-methyl/N-ethyl adjacent to an activating group) is 1. The number of fused-ring (bicyclic) bond motifs is 1. The molecule has 0 aliphatic carbocycles. The number of nitrogens with zero attached hydrogens (tertiary/aromatic N) is 6. The summed E-state index contributed by atoms with van der Waals surface area (Å²) in [5.74, 6) is 0.943. The lowest BCUT2D eigenvalue weighted by Crippen LogP contribution is -2.43. The van der Waals surface area contributed by atoms with Gasteiger partial charge in [0, 0.05) is 63.2 Å². The molecule has 0 saturated carbocycles. The van der Waals surface area contributed by atoms with E-state index in [9.17, 15) is 9.90 Å². The van der Waals surface area contributed by atoms with E-state index < -0.39 is 6.03 Å². The highest BCUT2D eigenvalue weighted by atomic mass is 16.3. The van der Waals surface area contributed by atoms with Gasteiger partial charge in [-0.2, -0.15) is 5.10 Å². The number of hydrogen-bond donors (Lipinski definition) is 4. The molecule has 3 aromatic heterocycles. The molecule has 176 valence electrons. The third-order valence-electron chi connectivity index (χ3n) is 6.01. The first-order valence-electron chi connectivity index (χ1n) is 11.1. The number of amides is 2. The van der Waals surface area contributed by atoms with Crippen LogP contribution in [0.15, 0.2) is 42.9 Å². The van der Waals surface area contributed by atoms with Crippen LogP contribution >= 0.6 is 0 Å². The number of pyridine rings is 1. The Kier molecular flexibility index (Phi) is 5.86. The van der Waals surface area contributed by atoms with Gasteiger partial charge in [0.1, 0.15) is 11.3 Å². The van der Waals surface area contributed by atoms with Crippen LogP contribution in [0, 0.1) is 0 Å². The molecule has 0 bridgehead atoms. The summed E-state index contributed by atoms with van der Waals surface area (Å²) in [5, 5.41) is 19.6. The average Bonchev–Trinajstić information content (AvgIpc) is 3.44. The molecule has 2 amide bonds. The number of benzene rings is 1. The van der Waals surface area contributed by atoms with Gasteiger partial charge in [-0.15, -0.1) is 0 Å². The number of imidazole rings is 1. The van der Waals surface area contributed by atoms with E-state index in [4.69, 9.17) is 0 Å². The minimum Gasteiger partial charge on any atom is -0.508 e. The van der Waals surface area contributed by atoms with Crippen LogP contribution < -0.4 is 10.6 Å². The number of carbonyl (C=O) groups is 1. The van der Waals surface area contributed by atoms with E-state index in [1.54, 1.807) is 48.5 Å². The second-order valence-electron chi connectivity index (χ2n) is 8.51. The Labute approximate surface area is 196 Å². The molecule has 0 atom stereocenters. The molecular formula is C23H27N9O2. The van der Waals surface area contributed by atoms with Crippen molar-refractivity contribution in [3.8, 4) is 17.0 Å². The molecule has 4 aromatic rings. The number of aromatic hydroxyl groups is 1. The number of hydrogen-bond acceptors (Lipinski definition) is 7. The van der Waals surface area contributed by atoms with Crippen molar-refractivity contribution in [3.05, 3.63) is 48.4 Å². The van der Waals surface area contributed by atoms with Gasteiger partial charge in [0.15, 0.2) is 11.6 Å². The van der Waals surface area contributed by atoms with Gasteiger partial charge < -0.3 is 15.0 Å². The molecule has 0 radical (unpaired) electrons. The third-order valence-corrected chi connectivity index (χ3v) is 6.01. The minimum atomic E-state index is -0.462. The maximum absolute atomic E-state index is 12.7. The molecular weight excluding hydrogens is 434 g/mol. The molecule has 1 fully saturated rings. The molecule has 1 aliphatic rings. The fourth-order valence-electron chi connectivity index (χ4n) is 4.16. The van der Waals surface area contributed by atoms with Gasteiger partial charge >= 0.3 is 6.03 Å². The van der Waals surface area contributed by atoms with Crippen LogP contribution in [-0.4, -0.2) is 78.9 Å². The lowest BCUT2D eigenvalue weighted by molar-refractivity contribution is 0.148. The highest BCUT2D eigenvalue weighted by Crippen LogP contribution is 2.26. The number of aromatic amines is 1. The first-order chi connectivity index (χ1) is 16.5. The SMILES string of the molecule is CN1CCN(Cc2cnc(NC(=O)Nc3cc(-c4cccc(O)c4)n(C)n3)c3[nH]cnc23)CC1. The molecule has 1 aliphatic heterocycles. The number of phenolic OH excluding ortho intramolecular Hbond substituents is 1. The monoisotopic (exact) mass is 461 g/mol. The molecule has 5 rings (SSSR count). The number of carbonyl (C=O) groups excluding carboxylic acids is 1. The Morgan fingerprint density at radius 3 is 2.74 bits per heavy atom. The Morgan fingerprint density at radius 1 is 1.12 bits per heavy atom. The summed E-state index contributed by atoms with van der Waals surface area (Å²) in [7, 11) is 3.91. The van der Waals surface area contributed by atoms with Crippen molar-refractivity contribution in [2.45, 2.75) is 6.54 Å². The van der Waals surface area contributed by atoms with E-state index >= 15 is 0 Å². The van der Waals surface area contributed by atoms with Crippen LogP contribution in [-0.2, 0) is 13.6 Å². The van der Waals surface area contributed by atoms with Crippen molar-refractivity contribution in [1.29, 1.82) is 0 Å². The van der Waals surface area contributed by atoms with Crippen molar-refractivity contribution >= 4 is 28.7 Å². The van der Waals surface area contributed by atoms with Gasteiger partial charge in [0.2, 0.25) is 0 Å². The van der Waals surface area contributed by atoms with Gasteiger partial charge in [-0.25, -0.2) is 14.8 Å². The number of urea groups is 1. The predicted molar refractivity (Wildman–Crippen MR) is 130 cm³/mol. The van der Waals surface area contributed by atoms with E-state index in [-0.39, 0.29) is 5.75 Å². The van der Waals surface area contributed by atoms with Gasteiger partial charge in [-0.05, 0) is 19.2 Å². The van der Waals surface area contributed by atoms with Gasteiger partial charge in [-0.3, -0.25) is 20.2 Å². The summed E-state index contributed by atoms with van der Waals surface area (Å²) in [5.41, 5.74) is 4.05. The summed E-state index contributed by atoms with van der Waals surface area (Å²) < 4.78 is 1.64. The largest absolute Gasteiger partial charge is 0.508 e. The van der Waals surface area contributed by atoms with Crippen LogP contribution in [0.25, 0.3) is 22.3 Å². The van der Waals surface area contributed by atoms with Crippen LogP contribution in [0.3, 0.4) is 0 Å². The van der Waals surface area contributed by atoms with Crippen molar-refractivity contribution in [2.75, 3.05) is 43.9 Å². The fraction of sp³-hybridized carbons (Fsp3) is 0.304. The molecule has 4 heterocycles. The summed E-state index contributed by atoms with van der Waals surface area (Å²) in [6.07, 6.45) is 3.39. The highest BCUT2D eigenvalue weighted by Gasteiger charge is 2.18.